The van der Waals surface area contributed by atoms with E-state index in [9.17, 15) is 0 Å². The van der Waals surface area contributed by atoms with Crippen LogP contribution in [0.1, 0.15) is 35.4 Å². The molecule has 1 unspecified atom stereocenters. The lowest BCUT2D eigenvalue weighted by atomic mass is 9.90. The number of piperidine rings is 1. The minimum Gasteiger partial charge on any atom is -0.354 e. The molecule has 0 aliphatic carbocycles. The third-order valence-corrected chi connectivity index (χ3v) is 6.13. The lowest BCUT2D eigenvalue weighted by Crippen LogP contribution is -2.28. The SMILES string of the molecule is Cc1cc(-c2ccccn2)c2[nH]c3ccc(C4CCCNC4)cc3c2c1C. The summed E-state index contributed by atoms with van der Waals surface area (Å²) >= 11 is 0. The molecule has 2 aromatic carbocycles. The van der Waals surface area contributed by atoms with Crippen molar-refractivity contribution in [2.45, 2.75) is 32.6 Å². The van der Waals surface area contributed by atoms with Crippen molar-refractivity contribution in [1.29, 1.82) is 0 Å². The number of hydrogen-bond acceptors (Lipinski definition) is 2. The average molecular weight is 355 g/mol. The standard InChI is InChI=1S/C24H25N3/c1-15-12-20(21-7-3-4-11-26-21)24-23(16(15)2)19-13-17(8-9-22(19)27-24)18-6-5-10-25-14-18/h3-4,7-9,11-13,18,25,27H,5-6,10,14H2,1-2H3. The molecule has 0 bridgehead atoms. The van der Waals surface area contributed by atoms with Gasteiger partial charge in [0.25, 0.3) is 0 Å². The Morgan fingerprint density at radius 1 is 1.07 bits per heavy atom. The van der Waals surface area contributed by atoms with Gasteiger partial charge >= 0.3 is 0 Å². The Morgan fingerprint density at radius 3 is 2.78 bits per heavy atom. The summed E-state index contributed by atoms with van der Waals surface area (Å²) in [6.45, 7) is 6.68. The maximum Gasteiger partial charge on any atom is 0.0723 e. The second-order valence-corrected chi connectivity index (χ2v) is 7.80. The van der Waals surface area contributed by atoms with Gasteiger partial charge in [0.15, 0.2) is 0 Å². The molecule has 1 fully saturated rings. The highest BCUT2D eigenvalue weighted by Crippen LogP contribution is 2.38. The topological polar surface area (TPSA) is 40.7 Å². The number of benzene rings is 2. The van der Waals surface area contributed by atoms with Crippen LogP contribution in [0.25, 0.3) is 33.1 Å². The summed E-state index contributed by atoms with van der Waals surface area (Å²) in [5, 5.41) is 6.23. The number of nitrogens with one attached hydrogen (secondary N) is 2. The van der Waals surface area contributed by atoms with Gasteiger partial charge in [-0.25, -0.2) is 0 Å². The van der Waals surface area contributed by atoms with Crippen LogP contribution in [-0.4, -0.2) is 23.1 Å². The zero-order valence-corrected chi connectivity index (χ0v) is 16.0. The molecule has 1 saturated heterocycles. The molecule has 27 heavy (non-hydrogen) atoms. The van der Waals surface area contributed by atoms with Gasteiger partial charge in [-0.3, -0.25) is 4.98 Å². The maximum absolute atomic E-state index is 4.60. The van der Waals surface area contributed by atoms with Crippen LogP contribution in [0, 0.1) is 13.8 Å². The van der Waals surface area contributed by atoms with Crippen molar-refractivity contribution in [3.05, 3.63) is 65.4 Å². The predicted molar refractivity (Wildman–Crippen MR) is 113 cm³/mol. The van der Waals surface area contributed by atoms with E-state index >= 15 is 0 Å². The highest BCUT2D eigenvalue weighted by atomic mass is 14.9. The Bertz CT molecular complexity index is 1120. The summed E-state index contributed by atoms with van der Waals surface area (Å²) in [5.74, 6) is 0.619. The van der Waals surface area contributed by atoms with Crippen molar-refractivity contribution in [2.75, 3.05) is 13.1 Å². The third-order valence-electron chi connectivity index (χ3n) is 6.13. The number of rotatable bonds is 2. The maximum atomic E-state index is 4.60. The Balaban J connectivity index is 1.77. The highest BCUT2D eigenvalue weighted by molar-refractivity contribution is 6.13. The molecular weight excluding hydrogens is 330 g/mol. The molecule has 5 rings (SSSR count). The molecule has 3 nitrogen and oxygen atoms in total. The molecule has 2 aromatic heterocycles. The number of aromatic amines is 1. The summed E-state index contributed by atoms with van der Waals surface area (Å²) in [6.07, 6.45) is 4.41. The summed E-state index contributed by atoms with van der Waals surface area (Å²) < 4.78 is 0. The van der Waals surface area contributed by atoms with E-state index in [4.69, 9.17) is 0 Å². The Labute approximate surface area is 159 Å². The van der Waals surface area contributed by atoms with Crippen LogP contribution in [-0.2, 0) is 0 Å². The summed E-state index contributed by atoms with van der Waals surface area (Å²) in [6, 6.07) is 15.4. The minimum atomic E-state index is 0.619. The number of hydrogen-bond donors (Lipinski definition) is 2. The van der Waals surface area contributed by atoms with Gasteiger partial charge in [0.1, 0.15) is 0 Å². The lowest BCUT2D eigenvalue weighted by molar-refractivity contribution is 0.462. The molecule has 136 valence electrons. The lowest BCUT2D eigenvalue weighted by Gasteiger charge is -2.23. The molecule has 0 spiro atoms. The number of H-pyrrole nitrogens is 1. The fourth-order valence-electron chi connectivity index (χ4n) is 4.51. The van der Waals surface area contributed by atoms with Crippen LogP contribution < -0.4 is 5.32 Å². The molecule has 0 radical (unpaired) electrons. The van der Waals surface area contributed by atoms with Crippen LogP contribution in [0.2, 0.25) is 0 Å². The summed E-state index contributed by atoms with van der Waals surface area (Å²) in [7, 11) is 0. The zero-order chi connectivity index (χ0) is 18.4. The van der Waals surface area contributed by atoms with Crippen molar-refractivity contribution in [3.8, 4) is 11.3 Å². The molecule has 1 aliphatic rings. The molecule has 2 N–H and O–H groups in total. The number of aromatic nitrogens is 2. The molecular formula is C24H25N3. The number of aryl methyl sites for hydroxylation is 2. The van der Waals surface area contributed by atoms with Gasteiger partial charge in [-0.1, -0.05) is 12.1 Å². The quantitative estimate of drug-likeness (QED) is 0.501. The van der Waals surface area contributed by atoms with Crippen molar-refractivity contribution in [3.63, 3.8) is 0 Å². The van der Waals surface area contributed by atoms with Crippen molar-refractivity contribution < 1.29 is 0 Å². The Kier molecular flexibility index (Phi) is 3.98. The smallest absolute Gasteiger partial charge is 0.0723 e. The van der Waals surface area contributed by atoms with Crippen LogP contribution >= 0.6 is 0 Å². The second-order valence-electron chi connectivity index (χ2n) is 7.80. The van der Waals surface area contributed by atoms with E-state index in [0.717, 1.165) is 18.8 Å². The van der Waals surface area contributed by atoms with E-state index in [1.54, 1.807) is 0 Å². The first kappa shape index (κ1) is 16.5. The first-order valence-electron chi connectivity index (χ1n) is 9.90. The molecule has 1 aliphatic heterocycles. The first-order chi connectivity index (χ1) is 13.2. The van der Waals surface area contributed by atoms with E-state index in [0.29, 0.717) is 5.92 Å². The molecule has 3 heteroatoms. The largest absolute Gasteiger partial charge is 0.354 e. The number of nitrogens with zero attached hydrogens (tertiary/aromatic N) is 1. The molecule has 3 heterocycles. The van der Waals surface area contributed by atoms with Gasteiger partial charge in [-0.05, 0) is 86.2 Å². The molecule has 0 saturated carbocycles. The Morgan fingerprint density at radius 2 is 2.00 bits per heavy atom. The molecule has 1 atom stereocenters. The fourth-order valence-corrected chi connectivity index (χ4v) is 4.51. The van der Waals surface area contributed by atoms with Crippen LogP contribution in [0.4, 0.5) is 0 Å². The zero-order valence-electron chi connectivity index (χ0n) is 16.0. The molecule has 0 amide bonds. The van der Waals surface area contributed by atoms with Crippen LogP contribution in [0.5, 0.6) is 0 Å². The van der Waals surface area contributed by atoms with Crippen molar-refractivity contribution in [1.82, 2.24) is 15.3 Å². The second kappa shape index (κ2) is 6.50. The van der Waals surface area contributed by atoms with Gasteiger partial charge < -0.3 is 10.3 Å². The summed E-state index contributed by atoms with van der Waals surface area (Å²) in [5.41, 5.74) is 8.74. The van der Waals surface area contributed by atoms with Crippen LogP contribution in [0.3, 0.4) is 0 Å². The van der Waals surface area contributed by atoms with Crippen molar-refractivity contribution >= 4 is 21.8 Å². The van der Waals surface area contributed by atoms with E-state index in [-0.39, 0.29) is 0 Å². The highest BCUT2D eigenvalue weighted by Gasteiger charge is 2.18. The van der Waals surface area contributed by atoms with Crippen LogP contribution in [0.15, 0.2) is 48.7 Å². The fraction of sp³-hybridized carbons (Fsp3) is 0.292. The van der Waals surface area contributed by atoms with E-state index in [1.807, 2.05) is 12.3 Å². The third kappa shape index (κ3) is 2.74. The first-order valence-corrected chi connectivity index (χ1v) is 9.90. The van der Waals surface area contributed by atoms with Gasteiger partial charge in [-0.15, -0.1) is 0 Å². The molecule has 4 aromatic rings. The predicted octanol–water partition coefficient (Wildman–Crippen LogP) is 5.47. The van der Waals surface area contributed by atoms with Gasteiger partial charge in [-0.2, -0.15) is 0 Å². The van der Waals surface area contributed by atoms with E-state index < -0.39 is 0 Å². The minimum absolute atomic E-state index is 0.619. The van der Waals surface area contributed by atoms with Crippen molar-refractivity contribution in [2.24, 2.45) is 0 Å². The van der Waals surface area contributed by atoms with E-state index in [1.165, 1.54) is 56.9 Å². The average Bonchev–Trinajstić information content (AvgIpc) is 3.11. The summed E-state index contributed by atoms with van der Waals surface area (Å²) in [4.78, 5) is 8.29. The number of pyridine rings is 1. The normalized spacial score (nSPS) is 17.6. The van der Waals surface area contributed by atoms with E-state index in [2.05, 4.69) is 65.5 Å². The monoisotopic (exact) mass is 355 g/mol. The van der Waals surface area contributed by atoms with Gasteiger partial charge in [0, 0.05) is 34.6 Å². The van der Waals surface area contributed by atoms with Gasteiger partial charge in [0.2, 0.25) is 0 Å². The Hall–Kier alpha value is -2.65. The van der Waals surface area contributed by atoms with Gasteiger partial charge in [0.05, 0.1) is 11.2 Å². The number of fused-ring (bicyclic) bond motifs is 3.